The number of aromatic nitrogens is 2. The Morgan fingerprint density at radius 2 is 1.88 bits per heavy atom. The van der Waals surface area contributed by atoms with E-state index in [0.717, 1.165) is 5.69 Å². The van der Waals surface area contributed by atoms with Gasteiger partial charge >= 0.3 is 5.69 Å². The van der Waals surface area contributed by atoms with Gasteiger partial charge in [0.15, 0.2) is 5.75 Å². The lowest BCUT2D eigenvalue weighted by atomic mass is 10.1. The molecule has 2 N–H and O–H groups in total. The predicted octanol–water partition coefficient (Wildman–Crippen LogP) is 2.99. The highest BCUT2D eigenvalue weighted by Crippen LogP contribution is 2.34. The number of hydrogen-bond donors (Lipinski definition) is 1. The van der Waals surface area contributed by atoms with E-state index in [0.29, 0.717) is 62.0 Å². The van der Waals surface area contributed by atoms with Crippen LogP contribution in [0.3, 0.4) is 0 Å². The Hall–Kier alpha value is -3.21. The van der Waals surface area contributed by atoms with Crippen LogP contribution in [0.15, 0.2) is 36.5 Å². The van der Waals surface area contributed by atoms with E-state index in [4.69, 9.17) is 24.9 Å². The predicted molar refractivity (Wildman–Crippen MR) is 122 cm³/mol. The summed E-state index contributed by atoms with van der Waals surface area (Å²) in [6.45, 7) is 5.17. The van der Waals surface area contributed by atoms with Crippen molar-refractivity contribution >= 4 is 17.0 Å². The molecule has 0 aliphatic rings. The highest BCUT2D eigenvalue weighted by Gasteiger charge is 2.22. The number of nitrogen functional groups attached to an aromatic ring is 1. The van der Waals surface area contributed by atoms with E-state index >= 15 is 0 Å². The smallest absolute Gasteiger partial charge is 0.311 e. The van der Waals surface area contributed by atoms with Gasteiger partial charge < -0.3 is 24.3 Å². The fraction of sp³-hybridized carbons (Fsp3) is 0.409. The number of nitro benzene ring substituents is 1. The van der Waals surface area contributed by atoms with Gasteiger partial charge in [-0.1, -0.05) is 0 Å². The molecule has 0 unspecified atom stereocenters. The molecule has 10 heteroatoms. The second-order valence-corrected chi connectivity index (χ2v) is 7.23. The van der Waals surface area contributed by atoms with Crippen LogP contribution >= 0.6 is 0 Å². The topological polar surface area (TPSA) is 117 Å². The van der Waals surface area contributed by atoms with Gasteiger partial charge in [-0.05, 0) is 31.2 Å². The Morgan fingerprint density at radius 3 is 2.50 bits per heavy atom. The van der Waals surface area contributed by atoms with Gasteiger partial charge in [-0.3, -0.25) is 15.0 Å². The lowest BCUT2D eigenvalue weighted by molar-refractivity contribution is -0.385. The van der Waals surface area contributed by atoms with E-state index in [1.165, 1.54) is 6.07 Å². The minimum absolute atomic E-state index is 0.0949. The molecule has 0 saturated heterocycles. The van der Waals surface area contributed by atoms with Crippen LogP contribution in [-0.2, 0) is 16.0 Å². The molecular formula is C22H29N5O5. The zero-order valence-corrected chi connectivity index (χ0v) is 18.6. The number of benzene rings is 1. The summed E-state index contributed by atoms with van der Waals surface area (Å²) >= 11 is 0. The summed E-state index contributed by atoms with van der Waals surface area (Å²) in [5, 5.41) is 11.6. The van der Waals surface area contributed by atoms with Crippen molar-refractivity contribution in [2.45, 2.75) is 13.5 Å². The van der Waals surface area contributed by atoms with Gasteiger partial charge in [0, 0.05) is 57.4 Å². The molecule has 0 spiro atoms. The third-order valence-electron chi connectivity index (χ3n) is 5.07. The number of fused-ring (bicyclic) bond motifs is 1. The molecule has 3 rings (SSSR count). The summed E-state index contributed by atoms with van der Waals surface area (Å²) in [5.74, 6) is 0.234. The summed E-state index contributed by atoms with van der Waals surface area (Å²) in [7, 11) is 3.32. The van der Waals surface area contributed by atoms with Gasteiger partial charge in [-0.2, -0.15) is 0 Å². The number of anilines is 1. The molecule has 2 aromatic heterocycles. The standard InChI is InChI=1S/C22H29N5O5/c1-4-32-20-7-5-16(13-18(20)27(28)29)22-19(15-25(9-11-30-2)10-12-31-3)26-14-17(23)6-8-21(26)24-22/h5-8,13-14H,4,9-12,15,23H2,1-3H3. The maximum atomic E-state index is 11.6. The first-order valence-electron chi connectivity index (χ1n) is 10.4. The molecule has 0 radical (unpaired) electrons. The average molecular weight is 444 g/mol. The second kappa shape index (κ2) is 10.9. The van der Waals surface area contributed by atoms with Crippen LogP contribution in [-0.4, -0.2) is 66.3 Å². The zero-order valence-electron chi connectivity index (χ0n) is 18.6. The van der Waals surface area contributed by atoms with E-state index < -0.39 is 4.92 Å². The molecule has 0 aliphatic heterocycles. The SMILES string of the molecule is CCOc1ccc(-c2nc3ccc(N)cn3c2CN(CCOC)CCOC)cc1[N+](=O)[O-]. The van der Waals surface area contributed by atoms with Crippen molar-refractivity contribution in [3.05, 3.63) is 52.3 Å². The molecule has 0 fully saturated rings. The Labute approximate surface area is 186 Å². The van der Waals surface area contributed by atoms with Crippen LogP contribution in [0.25, 0.3) is 16.9 Å². The fourth-order valence-electron chi connectivity index (χ4n) is 3.50. The van der Waals surface area contributed by atoms with Gasteiger partial charge in [0.1, 0.15) is 5.65 Å². The van der Waals surface area contributed by atoms with E-state index in [9.17, 15) is 10.1 Å². The highest BCUT2D eigenvalue weighted by molar-refractivity contribution is 5.71. The van der Waals surface area contributed by atoms with Crippen LogP contribution in [0.4, 0.5) is 11.4 Å². The molecule has 2 heterocycles. The zero-order chi connectivity index (χ0) is 23.1. The quantitative estimate of drug-likeness (QED) is 0.335. The molecule has 0 aliphatic carbocycles. The molecule has 0 bridgehead atoms. The Balaban J connectivity index is 2.10. The van der Waals surface area contributed by atoms with Gasteiger partial charge in [-0.15, -0.1) is 0 Å². The summed E-state index contributed by atoms with van der Waals surface area (Å²) < 4.78 is 17.9. The first-order valence-corrected chi connectivity index (χ1v) is 10.4. The molecule has 32 heavy (non-hydrogen) atoms. The van der Waals surface area contributed by atoms with Crippen LogP contribution in [0.1, 0.15) is 12.6 Å². The minimum atomic E-state index is -0.439. The maximum Gasteiger partial charge on any atom is 0.311 e. The summed E-state index contributed by atoms with van der Waals surface area (Å²) in [5.41, 5.74) is 9.41. The van der Waals surface area contributed by atoms with Crippen LogP contribution in [0.5, 0.6) is 5.75 Å². The van der Waals surface area contributed by atoms with E-state index in [1.807, 2.05) is 16.7 Å². The Morgan fingerprint density at radius 1 is 1.16 bits per heavy atom. The van der Waals surface area contributed by atoms with Crippen LogP contribution in [0.2, 0.25) is 0 Å². The first kappa shape index (κ1) is 23.5. The lowest BCUT2D eigenvalue weighted by Crippen LogP contribution is -2.31. The molecule has 0 saturated carbocycles. The normalized spacial score (nSPS) is 11.4. The summed E-state index contributed by atoms with van der Waals surface area (Å²) in [6, 6.07) is 8.53. The third-order valence-corrected chi connectivity index (χ3v) is 5.07. The monoisotopic (exact) mass is 443 g/mol. The van der Waals surface area contributed by atoms with Gasteiger partial charge in [0.05, 0.1) is 36.1 Å². The maximum absolute atomic E-state index is 11.6. The first-order chi connectivity index (χ1) is 15.5. The molecule has 10 nitrogen and oxygen atoms in total. The number of nitrogens with two attached hydrogens (primary N) is 1. The van der Waals surface area contributed by atoms with E-state index in [2.05, 4.69) is 4.90 Å². The van der Waals surface area contributed by atoms with Crippen molar-refractivity contribution in [3.63, 3.8) is 0 Å². The second-order valence-electron chi connectivity index (χ2n) is 7.23. The number of hydrogen-bond acceptors (Lipinski definition) is 8. The molecular weight excluding hydrogens is 414 g/mol. The highest BCUT2D eigenvalue weighted by atomic mass is 16.6. The summed E-state index contributed by atoms with van der Waals surface area (Å²) in [6.07, 6.45) is 1.81. The molecule has 1 aromatic carbocycles. The number of nitrogens with zero attached hydrogens (tertiary/aromatic N) is 4. The van der Waals surface area contributed by atoms with Crippen molar-refractivity contribution in [2.75, 3.05) is 52.9 Å². The minimum Gasteiger partial charge on any atom is -0.487 e. The Kier molecular flexibility index (Phi) is 7.98. The van der Waals surface area contributed by atoms with Crippen LogP contribution in [0, 0.1) is 10.1 Å². The van der Waals surface area contributed by atoms with Gasteiger partial charge in [-0.25, -0.2) is 4.98 Å². The van der Waals surface area contributed by atoms with Crippen molar-refractivity contribution in [1.29, 1.82) is 0 Å². The lowest BCUT2D eigenvalue weighted by Gasteiger charge is -2.22. The van der Waals surface area contributed by atoms with Gasteiger partial charge in [0.25, 0.3) is 0 Å². The molecule has 0 amide bonds. The number of ether oxygens (including phenoxy) is 3. The van der Waals surface area contributed by atoms with Crippen molar-refractivity contribution in [1.82, 2.24) is 14.3 Å². The number of pyridine rings is 1. The Bertz CT molecular complexity index is 1060. The number of imidazole rings is 1. The third kappa shape index (κ3) is 5.34. The molecule has 0 atom stereocenters. The molecule has 3 aromatic rings. The van der Waals surface area contributed by atoms with Crippen molar-refractivity contribution in [3.8, 4) is 17.0 Å². The molecule has 172 valence electrons. The summed E-state index contributed by atoms with van der Waals surface area (Å²) in [4.78, 5) is 18.2. The largest absolute Gasteiger partial charge is 0.487 e. The fourth-order valence-corrected chi connectivity index (χ4v) is 3.50. The number of rotatable bonds is 12. The van der Waals surface area contributed by atoms with E-state index in [1.54, 1.807) is 39.3 Å². The van der Waals surface area contributed by atoms with E-state index in [-0.39, 0.29) is 11.4 Å². The van der Waals surface area contributed by atoms with Crippen LogP contribution < -0.4 is 10.5 Å². The average Bonchev–Trinajstić information content (AvgIpc) is 3.13. The van der Waals surface area contributed by atoms with Gasteiger partial charge in [0.2, 0.25) is 0 Å². The number of nitro groups is 1. The van der Waals surface area contributed by atoms with Crippen molar-refractivity contribution < 1.29 is 19.1 Å². The van der Waals surface area contributed by atoms with Crippen molar-refractivity contribution in [2.24, 2.45) is 0 Å². The number of methoxy groups -OCH3 is 2.